The molecule has 0 aliphatic carbocycles. The van der Waals surface area contributed by atoms with E-state index in [0.29, 0.717) is 28.6 Å². The van der Waals surface area contributed by atoms with Gasteiger partial charge in [0.25, 0.3) is 5.22 Å². The molecule has 3 rings (SSSR count). The number of rotatable bonds is 4. The third-order valence-electron chi connectivity index (χ3n) is 3.84. The molecule has 7 heteroatoms. The van der Waals surface area contributed by atoms with Crippen LogP contribution >= 0.6 is 11.8 Å². The van der Waals surface area contributed by atoms with Crippen LogP contribution in [0.2, 0.25) is 0 Å². The van der Waals surface area contributed by atoms with Gasteiger partial charge >= 0.3 is 0 Å². The molecule has 0 spiro atoms. The Balaban J connectivity index is 1.66. The third-order valence-corrected chi connectivity index (χ3v) is 4.65. The maximum atomic E-state index is 5.75. The molecule has 0 saturated carbocycles. The number of benzene rings is 1. The Hall–Kier alpha value is -2.15. The molecule has 1 aromatic carbocycles. The third kappa shape index (κ3) is 4.33. The standard InChI is InChI=1S/C19H24N4O2S/c1-18(2,3)13-9-7-12(8-10-13)15-21-22-17(24-15)26-11-14-20-16(25-23-14)19(4,5)6/h7-10H,11H2,1-6H3. The Morgan fingerprint density at radius 3 is 2.19 bits per heavy atom. The number of thioether (sulfide) groups is 1. The first-order valence-corrected chi connectivity index (χ1v) is 9.52. The van der Waals surface area contributed by atoms with E-state index in [4.69, 9.17) is 8.94 Å². The van der Waals surface area contributed by atoms with Crippen LogP contribution < -0.4 is 0 Å². The lowest BCUT2D eigenvalue weighted by Crippen LogP contribution is -2.11. The van der Waals surface area contributed by atoms with Crippen LogP contribution in [0.1, 0.15) is 58.8 Å². The van der Waals surface area contributed by atoms with Gasteiger partial charge in [-0.2, -0.15) is 4.98 Å². The van der Waals surface area contributed by atoms with Crippen molar-refractivity contribution in [3.05, 3.63) is 41.5 Å². The van der Waals surface area contributed by atoms with Crippen molar-refractivity contribution in [3.63, 3.8) is 0 Å². The van der Waals surface area contributed by atoms with Crippen LogP contribution in [0.5, 0.6) is 0 Å². The van der Waals surface area contributed by atoms with Crippen LogP contribution in [-0.4, -0.2) is 20.3 Å². The van der Waals surface area contributed by atoms with Crippen LogP contribution in [0.25, 0.3) is 11.5 Å². The summed E-state index contributed by atoms with van der Waals surface area (Å²) in [6.07, 6.45) is 0. The van der Waals surface area contributed by atoms with Gasteiger partial charge in [0.15, 0.2) is 5.82 Å². The zero-order valence-electron chi connectivity index (χ0n) is 16.0. The fourth-order valence-corrected chi connectivity index (χ4v) is 2.85. The molecule has 26 heavy (non-hydrogen) atoms. The SMILES string of the molecule is CC(C)(C)c1ccc(-c2nnc(SCc3noc(C(C)(C)C)n3)o2)cc1. The fraction of sp³-hybridized carbons (Fsp3) is 0.474. The molecule has 0 fully saturated rings. The van der Waals surface area contributed by atoms with Crippen molar-refractivity contribution >= 4 is 11.8 Å². The number of nitrogens with zero attached hydrogens (tertiary/aromatic N) is 4. The Morgan fingerprint density at radius 1 is 0.923 bits per heavy atom. The second-order valence-corrected chi connectivity index (χ2v) is 9.18. The van der Waals surface area contributed by atoms with Crippen molar-refractivity contribution in [2.45, 2.75) is 63.3 Å². The second-order valence-electron chi connectivity index (χ2n) is 8.25. The Morgan fingerprint density at radius 2 is 1.62 bits per heavy atom. The molecule has 6 nitrogen and oxygen atoms in total. The molecule has 0 bridgehead atoms. The molecule has 3 aromatic rings. The molecule has 0 aliphatic heterocycles. The van der Waals surface area contributed by atoms with Crippen molar-refractivity contribution in [3.8, 4) is 11.5 Å². The minimum Gasteiger partial charge on any atom is -0.411 e. The van der Waals surface area contributed by atoms with Crippen molar-refractivity contribution in [1.29, 1.82) is 0 Å². The van der Waals surface area contributed by atoms with Crippen LogP contribution in [-0.2, 0) is 16.6 Å². The average Bonchev–Trinajstić information content (AvgIpc) is 3.21. The lowest BCUT2D eigenvalue weighted by Gasteiger charge is -2.18. The second kappa shape index (κ2) is 6.87. The van der Waals surface area contributed by atoms with E-state index in [1.807, 2.05) is 32.9 Å². The summed E-state index contributed by atoms with van der Waals surface area (Å²) in [6, 6.07) is 8.22. The minimum absolute atomic E-state index is 0.116. The summed E-state index contributed by atoms with van der Waals surface area (Å²) in [6.45, 7) is 12.7. The molecule has 0 saturated heterocycles. The van der Waals surface area contributed by atoms with Gasteiger partial charge in [-0.15, -0.1) is 10.2 Å². The first-order valence-electron chi connectivity index (χ1n) is 8.53. The molecule has 0 amide bonds. The molecule has 138 valence electrons. The lowest BCUT2D eigenvalue weighted by atomic mass is 9.87. The van der Waals surface area contributed by atoms with Crippen molar-refractivity contribution in [2.24, 2.45) is 0 Å². The average molecular weight is 372 g/mol. The van der Waals surface area contributed by atoms with Gasteiger partial charge in [-0.25, -0.2) is 0 Å². The Bertz CT molecular complexity index is 870. The zero-order chi connectivity index (χ0) is 18.9. The zero-order valence-corrected chi connectivity index (χ0v) is 16.8. The van der Waals surface area contributed by atoms with Gasteiger partial charge in [0.1, 0.15) is 0 Å². The van der Waals surface area contributed by atoms with E-state index in [1.165, 1.54) is 17.3 Å². The molecule has 0 atom stereocenters. The lowest BCUT2D eigenvalue weighted by molar-refractivity contribution is 0.319. The smallest absolute Gasteiger partial charge is 0.277 e. The molecular weight excluding hydrogens is 348 g/mol. The maximum absolute atomic E-state index is 5.75. The summed E-state index contributed by atoms with van der Waals surface area (Å²) < 4.78 is 11.0. The fourth-order valence-electron chi connectivity index (χ4n) is 2.24. The highest BCUT2D eigenvalue weighted by Crippen LogP contribution is 2.28. The van der Waals surface area contributed by atoms with Gasteiger partial charge < -0.3 is 8.94 Å². The first-order chi connectivity index (χ1) is 12.1. The molecule has 0 radical (unpaired) electrons. The summed E-state index contributed by atoms with van der Waals surface area (Å²) in [5.41, 5.74) is 2.13. The van der Waals surface area contributed by atoms with E-state index in [2.05, 4.69) is 53.2 Å². The van der Waals surface area contributed by atoms with Gasteiger partial charge in [0.2, 0.25) is 11.8 Å². The monoisotopic (exact) mass is 372 g/mol. The summed E-state index contributed by atoms with van der Waals surface area (Å²) >= 11 is 1.40. The quantitative estimate of drug-likeness (QED) is 0.596. The van der Waals surface area contributed by atoms with Crippen molar-refractivity contribution in [2.75, 3.05) is 0 Å². The van der Waals surface area contributed by atoms with Crippen LogP contribution in [0, 0.1) is 0 Å². The highest BCUT2D eigenvalue weighted by molar-refractivity contribution is 7.98. The predicted molar refractivity (Wildman–Crippen MR) is 101 cm³/mol. The van der Waals surface area contributed by atoms with E-state index in [-0.39, 0.29) is 10.8 Å². The maximum Gasteiger partial charge on any atom is 0.277 e. The van der Waals surface area contributed by atoms with E-state index < -0.39 is 0 Å². The topological polar surface area (TPSA) is 77.8 Å². The van der Waals surface area contributed by atoms with E-state index in [0.717, 1.165) is 5.56 Å². The number of hydrogen-bond donors (Lipinski definition) is 0. The van der Waals surface area contributed by atoms with Crippen LogP contribution in [0.3, 0.4) is 0 Å². The molecular formula is C19H24N4O2S. The Kier molecular flexibility index (Phi) is 4.92. The summed E-state index contributed by atoms with van der Waals surface area (Å²) in [7, 11) is 0. The minimum atomic E-state index is -0.160. The Labute approximate surface area is 157 Å². The van der Waals surface area contributed by atoms with Gasteiger partial charge in [-0.1, -0.05) is 70.6 Å². The number of aromatic nitrogens is 4. The van der Waals surface area contributed by atoms with E-state index in [1.54, 1.807) is 0 Å². The first kappa shape index (κ1) is 18.6. The van der Waals surface area contributed by atoms with Gasteiger partial charge in [0.05, 0.1) is 5.75 Å². The molecule has 0 aliphatic rings. The molecule has 0 N–H and O–H groups in total. The summed E-state index contributed by atoms with van der Waals surface area (Å²) in [4.78, 5) is 4.41. The van der Waals surface area contributed by atoms with Crippen LogP contribution in [0.15, 0.2) is 38.4 Å². The summed E-state index contributed by atoms with van der Waals surface area (Å²) in [5.74, 6) is 2.27. The van der Waals surface area contributed by atoms with Gasteiger partial charge in [-0.3, -0.25) is 0 Å². The highest BCUT2D eigenvalue weighted by Gasteiger charge is 2.22. The normalized spacial score (nSPS) is 12.5. The number of hydrogen-bond acceptors (Lipinski definition) is 7. The van der Waals surface area contributed by atoms with E-state index in [9.17, 15) is 0 Å². The van der Waals surface area contributed by atoms with Gasteiger partial charge in [0, 0.05) is 11.0 Å². The van der Waals surface area contributed by atoms with Crippen LogP contribution in [0.4, 0.5) is 0 Å². The van der Waals surface area contributed by atoms with Crippen molar-refractivity contribution in [1.82, 2.24) is 20.3 Å². The highest BCUT2D eigenvalue weighted by atomic mass is 32.2. The van der Waals surface area contributed by atoms with E-state index >= 15 is 0 Å². The molecule has 2 heterocycles. The van der Waals surface area contributed by atoms with Crippen molar-refractivity contribution < 1.29 is 8.94 Å². The summed E-state index contributed by atoms with van der Waals surface area (Å²) in [5, 5.41) is 12.7. The largest absolute Gasteiger partial charge is 0.411 e. The molecule has 0 unspecified atom stereocenters. The molecule has 2 aromatic heterocycles. The predicted octanol–water partition coefficient (Wildman–Crippen LogP) is 5.01. The van der Waals surface area contributed by atoms with Gasteiger partial charge in [-0.05, 0) is 23.1 Å².